The maximum Gasteiger partial charge on any atom is 0.311 e. The second-order valence-corrected chi connectivity index (χ2v) is 9.73. The Hall–Kier alpha value is -4.23. The summed E-state index contributed by atoms with van der Waals surface area (Å²) in [5.41, 5.74) is 1.18. The number of allylic oxidation sites excluding steroid dienone is 3. The fraction of sp³-hybridized carbons (Fsp3) is 0.103. The summed E-state index contributed by atoms with van der Waals surface area (Å²) in [6.45, 7) is 1.73. The van der Waals surface area contributed by atoms with E-state index < -0.39 is 17.8 Å². The minimum atomic E-state index is -1.11. The van der Waals surface area contributed by atoms with Gasteiger partial charge in [-0.2, -0.15) is 0 Å². The molecule has 2 N–H and O–H groups in total. The maximum absolute atomic E-state index is 13.6. The van der Waals surface area contributed by atoms with Crippen LogP contribution in [-0.2, 0) is 9.59 Å². The van der Waals surface area contributed by atoms with Gasteiger partial charge in [-0.3, -0.25) is 19.2 Å². The van der Waals surface area contributed by atoms with Gasteiger partial charge in [0.15, 0.2) is 11.6 Å². The van der Waals surface area contributed by atoms with Crippen LogP contribution in [0.5, 0.6) is 0 Å². The minimum absolute atomic E-state index is 0.0870. The third kappa shape index (κ3) is 4.07. The van der Waals surface area contributed by atoms with Gasteiger partial charge in [0.05, 0.1) is 17.2 Å². The number of carboxylic acids is 1. The Morgan fingerprint density at radius 1 is 0.861 bits per heavy atom. The fourth-order valence-electron chi connectivity index (χ4n) is 4.60. The molecule has 5 rings (SSSR count). The number of rotatable bonds is 5. The third-order valence-corrected chi connectivity index (χ3v) is 7.40. The maximum atomic E-state index is 13.6. The summed E-state index contributed by atoms with van der Waals surface area (Å²) < 4.78 is 0. The summed E-state index contributed by atoms with van der Waals surface area (Å²) in [6.07, 6.45) is 4.85. The van der Waals surface area contributed by atoms with Gasteiger partial charge < -0.3 is 10.4 Å². The average molecular weight is 496 g/mol. The molecule has 0 spiro atoms. The highest BCUT2D eigenvalue weighted by Crippen LogP contribution is 2.40. The first-order valence-electron chi connectivity index (χ1n) is 11.4. The summed E-state index contributed by atoms with van der Waals surface area (Å²) in [7, 11) is 0. The highest BCUT2D eigenvalue weighted by molar-refractivity contribution is 7.99. The SMILES string of the molecule is CC1C=CC=C(C(=O)Nc2ccc(Sc3ccccc3)c3c2C(=O)c2ccccc2C3=O)C1C(=O)O. The quantitative estimate of drug-likeness (QED) is 0.385. The predicted octanol–water partition coefficient (Wildman–Crippen LogP) is 5.38. The molecule has 7 heteroatoms. The number of hydrogen-bond donors (Lipinski definition) is 2. The van der Waals surface area contributed by atoms with Crippen molar-refractivity contribution in [2.45, 2.75) is 16.7 Å². The number of hydrogen-bond acceptors (Lipinski definition) is 5. The zero-order valence-electron chi connectivity index (χ0n) is 19.2. The van der Waals surface area contributed by atoms with Gasteiger partial charge in [0.2, 0.25) is 0 Å². The molecule has 0 bridgehead atoms. The lowest BCUT2D eigenvalue weighted by Gasteiger charge is -2.25. The van der Waals surface area contributed by atoms with E-state index in [1.54, 1.807) is 55.5 Å². The van der Waals surface area contributed by atoms with E-state index in [9.17, 15) is 24.3 Å². The van der Waals surface area contributed by atoms with Gasteiger partial charge >= 0.3 is 5.97 Å². The second kappa shape index (κ2) is 9.43. The smallest absolute Gasteiger partial charge is 0.311 e. The molecule has 0 saturated carbocycles. The molecule has 2 atom stereocenters. The number of aliphatic carboxylic acids is 1. The second-order valence-electron chi connectivity index (χ2n) is 8.62. The number of carbonyl (C=O) groups excluding carboxylic acids is 3. The van der Waals surface area contributed by atoms with Crippen LogP contribution in [-0.4, -0.2) is 28.5 Å². The molecule has 2 unspecified atom stereocenters. The third-order valence-electron chi connectivity index (χ3n) is 6.34. The number of carbonyl (C=O) groups is 4. The van der Waals surface area contributed by atoms with Crippen molar-refractivity contribution < 1.29 is 24.3 Å². The van der Waals surface area contributed by atoms with Gasteiger partial charge in [0.25, 0.3) is 5.91 Å². The molecule has 3 aromatic carbocycles. The van der Waals surface area contributed by atoms with Crippen LogP contribution >= 0.6 is 11.8 Å². The molecule has 1 amide bonds. The molecular formula is C29H21NO5S. The minimum Gasteiger partial charge on any atom is -0.481 e. The number of fused-ring (bicyclic) bond motifs is 2. The normalized spacial score (nSPS) is 18.2. The van der Waals surface area contributed by atoms with Gasteiger partial charge in [-0.1, -0.05) is 79.4 Å². The molecule has 0 aromatic heterocycles. The standard InChI is InChI=1S/C29H21NO5S/c1-16-8-7-13-20(23(16)29(34)35)28(33)30-21-14-15-22(36-17-9-3-2-4-10-17)25-24(21)26(31)18-11-5-6-12-19(18)27(25)32/h2-16,23H,1H3,(H,30,33)(H,34,35). The van der Waals surface area contributed by atoms with E-state index in [-0.39, 0.29) is 45.4 Å². The average Bonchev–Trinajstić information content (AvgIpc) is 2.88. The van der Waals surface area contributed by atoms with E-state index in [2.05, 4.69) is 5.32 Å². The lowest BCUT2D eigenvalue weighted by molar-refractivity contribution is -0.142. The van der Waals surface area contributed by atoms with Crippen molar-refractivity contribution in [2.24, 2.45) is 11.8 Å². The lowest BCUT2D eigenvalue weighted by Crippen LogP contribution is -2.32. The molecule has 2 aliphatic carbocycles. The lowest BCUT2D eigenvalue weighted by atomic mass is 9.82. The molecule has 2 aliphatic rings. The number of amides is 1. The highest BCUT2D eigenvalue weighted by atomic mass is 32.2. The van der Waals surface area contributed by atoms with E-state index in [0.717, 1.165) is 4.90 Å². The molecule has 0 aliphatic heterocycles. The van der Waals surface area contributed by atoms with Crippen molar-refractivity contribution in [1.29, 1.82) is 0 Å². The summed E-state index contributed by atoms with van der Waals surface area (Å²) in [6, 6.07) is 19.4. The summed E-state index contributed by atoms with van der Waals surface area (Å²) >= 11 is 1.36. The molecule has 178 valence electrons. The Kier molecular flexibility index (Phi) is 6.16. The monoisotopic (exact) mass is 495 g/mol. The summed E-state index contributed by atoms with van der Waals surface area (Å²) in [5.74, 6) is -3.79. The van der Waals surface area contributed by atoms with Crippen molar-refractivity contribution in [3.8, 4) is 0 Å². The molecule has 36 heavy (non-hydrogen) atoms. The van der Waals surface area contributed by atoms with Gasteiger partial charge in [-0.05, 0) is 30.2 Å². The Balaban J connectivity index is 1.60. The van der Waals surface area contributed by atoms with Gasteiger partial charge in [-0.25, -0.2) is 0 Å². The highest BCUT2D eigenvalue weighted by Gasteiger charge is 2.36. The van der Waals surface area contributed by atoms with E-state index in [0.29, 0.717) is 10.5 Å². The Labute approximate surface area is 211 Å². The molecule has 0 heterocycles. The van der Waals surface area contributed by atoms with E-state index in [1.807, 2.05) is 30.3 Å². The largest absolute Gasteiger partial charge is 0.481 e. The summed E-state index contributed by atoms with van der Waals surface area (Å²) in [4.78, 5) is 53.8. The number of nitrogens with one attached hydrogen (secondary N) is 1. The molecular weight excluding hydrogens is 474 g/mol. The number of ketones is 2. The van der Waals surface area contributed by atoms with Crippen LogP contribution in [0.15, 0.2) is 100 Å². The van der Waals surface area contributed by atoms with Crippen LogP contribution in [0.2, 0.25) is 0 Å². The Morgan fingerprint density at radius 2 is 1.50 bits per heavy atom. The molecule has 3 aromatic rings. The van der Waals surface area contributed by atoms with Crippen molar-refractivity contribution >= 4 is 40.9 Å². The molecule has 6 nitrogen and oxygen atoms in total. The zero-order valence-corrected chi connectivity index (χ0v) is 20.0. The van der Waals surface area contributed by atoms with E-state index in [4.69, 9.17) is 0 Å². The first kappa shape index (κ1) is 23.5. The van der Waals surface area contributed by atoms with E-state index in [1.165, 1.54) is 17.8 Å². The fourth-order valence-corrected chi connectivity index (χ4v) is 5.58. The Morgan fingerprint density at radius 3 is 2.17 bits per heavy atom. The van der Waals surface area contributed by atoms with Crippen LogP contribution in [0.25, 0.3) is 0 Å². The van der Waals surface area contributed by atoms with Gasteiger partial charge in [-0.15, -0.1) is 0 Å². The van der Waals surface area contributed by atoms with Crippen LogP contribution in [0.4, 0.5) is 5.69 Å². The van der Waals surface area contributed by atoms with Crippen LogP contribution in [0, 0.1) is 11.8 Å². The summed E-state index contributed by atoms with van der Waals surface area (Å²) in [5, 5.41) is 12.4. The number of anilines is 1. The number of benzene rings is 3. The van der Waals surface area contributed by atoms with Crippen molar-refractivity contribution in [1.82, 2.24) is 0 Å². The van der Waals surface area contributed by atoms with E-state index >= 15 is 0 Å². The van der Waals surface area contributed by atoms with Crippen molar-refractivity contribution in [3.63, 3.8) is 0 Å². The molecule has 0 saturated heterocycles. The topological polar surface area (TPSA) is 101 Å². The van der Waals surface area contributed by atoms with Gasteiger partial charge in [0, 0.05) is 32.1 Å². The predicted molar refractivity (Wildman–Crippen MR) is 136 cm³/mol. The van der Waals surface area contributed by atoms with Crippen molar-refractivity contribution in [3.05, 3.63) is 113 Å². The number of carboxylic acid groups (broad SMARTS) is 1. The van der Waals surface area contributed by atoms with Crippen molar-refractivity contribution in [2.75, 3.05) is 5.32 Å². The first-order chi connectivity index (χ1) is 17.4. The van der Waals surface area contributed by atoms with Gasteiger partial charge in [0.1, 0.15) is 0 Å². The first-order valence-corrected chi connectivity index (χ1v) is 12.2. The molecule has 0 radical (unpaired) electrons. The Bertz CT molecular complexity index is 1490. The van der Waals surface area contributed by atoms with Crippen LogP contribution in [0.3, 0.4) is 0 Å². The zero-order chi connectivity index (χ0) is 25.4. The molecule has 0 fully saturated rings. The van der Waals surface area contributed by atoms with Crippen LogP contribution < -0.4 is 5.32 Å². The van der Waals surface area contributed by atoms with Crippen LogP contribution in [0.1, 0.15) is 38.8 Å².